The maximum Gasteiger partial charge on any atom is 0.117 e. The normalized spacial score (nSPS) is 22.8. The monoisotopic (exact) mass is 289 g/mol. The number of hydrogen-bond acceptors (Lipinski definition) is 2. The smallest absolute Gasteiger partial charge is 0.117 e. The Hall–Kier alpha value is -1.25. The number of hydrogen-bond donors (Lipinski definition) is 1. The molecule has 3 heteroatoms. The summed E-state index contributed by atoms with van der Waals surface area (Å²) in [6.07, 6.45) is 1.26. The summed E-state index contributed by atoms with van der Waals surface area (Å²) in [6.45, 7) is 5.15. The molecule has 1 saturated carbocycles. The lowest BCUT2D eigenvalue weighted by molar-refractivity contribution is 0.430. The molecule has 2 nitrogen and oxygen atoms in total. The van der Waals surface area contributed by atoms with Crippen molar-refractivity contribution in [2.45, 2.75) is 38.8 Å². The molecule has 0 saturated heterocycles. The Balaban J connectivity index is 1.57. The first-order valence-electron chi connectivity index (χ1n) is 7.21. The summed E-state index contributed by atoms with van der Waals surface area (Å²) in [5.41, 5.74) is 1.19. The highest BCUT2D eigenvalue weighted by Crippen LogP contribution is 2.47. The van der Waals surface area contributed by atoms with Crippen LogP contribution in [0.25, 0.3) is 0 Å². The molecule has 2 aromatic rings. The predicted molar refractivity (Wildman–Crippen MR) is 81.9 cm³/mol. The van der Waals surface area contributed by atoms with E-state index in [0.717, 1.165) is 29.0 Å². The lowest BCUT2D eigenvalue weighted by atomic mass is 10.1. The van der Waals surface area contributed by atoms with Crippen LogP contribution in [-0.4, -0.2) is 0 Å². The van der Waals surface area contributed by atoms with Crippen molar-refractivity contribution in [1.29, 1.82) is 0 Å². The largest absolute Gasteiger partial charge is 0.464 e. The maximum atomic E-state index is 6.02. The number of halogens is 1. The van der Waals surface area contributed by atoms with Gasteiger partial charge in [0.05, 0.1) is 6.54 Å². The van der Waals surface area contributed by atoms with Gasteiger partial charge in [-0.3, -0.25) is 0 Å². The van der Waals surface area contributed by atoms with Gasteiger partial charge >= 0.3 is 0 Å². The molecule has 1 fully saturated rings. The van der Waals surface area contributed by atoms with Crippen molar-refractivity contribution in [3.63, 3.8) is 0 Å². The predicted octanol–water partition coefficient (Wildman–Crippen LogP) is 4.91. The Bertz CT molecular complexity index is 592. The number of nitrogens with one attached hydrogen (secondary N) is 1. The molecule has 20 heavy (non-hydrogen) atoms. The summed E-state index contributed by atoms with van der Waals surface area (Å²) < 4.78 is 5.90. The second-order valence-electron chi connectivity index (χ2n) is 5.78. The van der Waals surface area contributed by atoms with E-state index in [4.69, 9.17) is 16.0 Å². The zero-order valence-electron chi connectivity index (χ0n) is 11.9. The van der Waals surface area contributed by atoms with Gasteiger partial charge < -0.3 is 9.73 Å². The lowest BCUT2D eigenvalue weighted by Gasteiger charge is -2.13. The van der Waals surface area contributed by atoms with Crippen LogP contribution < -0.4 is 5.32 Å². The van der Waals surface area contributed by atoms with Gasteiger partial charge in [-0.2, -0.15) is 0 Å². The molecule has 2 unspecified atom stereocenters. The van der Waals surface area contributed by atoms with Gasteiger partial charge in [-0.05, 0) is 49.1 Å². The highest BCUT2D eigenvalue weighted by Gasteiger charge is 2.36. The molecule has 0 radical (unpaired) electrons. The maximum absolute atomic E-state index is 6.02. The first-order valence-corrected chi connectivity index (χ1v) is 7.58. The average molecular weight is 290 g/mol. The van der Waals surface area contributed by atoms with Crippen molar-refractivity contribution in [2.75, 3.05) is 0 Å². The Kier molecular flexibility index (Phi) is 3.86. The zero-order chi connectivity index (χ0) is 14.1. The topological polar surface area (TPSA) is 25.2 Å². The molecule has 0 spiro atoms. The standard InChI is InChI=1S/C17H20ClNO/c1-11-8-16(11)17-7-6-15(20-17)10-19-12(2)13-4-3-5-14(18)9-13/h3-7,9,11-12,16,19H,8,10H2,1-2H3/t11?,12-,16?/m1/s1. The summed E-state index contributed by atoms with van der Waals surface area (Å²) in [7, 11) is 0. The van der Waals surface area contributed by atoms with Crippen LogP contribution in [0.2, 0.25) is 5.02 Å². The van der Waals surface area contributed by atoms with Crippen molar-refractivity contribution >= 4 is 11.6 Å². The fourth-order valence-electron chi connectivity index (χ4n) is 2.55. The third kappa shape index (κ3) is 3.08. The number of benzene rings is 1. The van der Waals surface area contributed by atoms with E-state index < -0.39 is 0 Å². The fourth-order valence-corrected chi connectivity index (χ4v) is 2.75. The Morgan fingerprint density at radius 2 is 2.15 bits per heavy atom. The van der Waals surface area contributed by atoms with Crippen LogP contribution in [0.1, 0.15) is 49.3 Å². The molecule has 0 amide bonds. The molecule has 1 aromatic carbocycles. The molecular formula is C17H20ClNO. The molecule has 1 aromatic heterocycles. The van der Waals surface area contributed by atoms with Crippen molar-refractivity contribution in [2.24, 2.45) is 5.92 Å². The Morgan fingerprint density at radius 1 is 1.35 bits per heavy atom. The molecule has 106 valence electrons. The van der Waals surface area contributed by atoms with Gasteiger partial charge in [0.15, 0.2) is 0 Å². The van der Waals surface area contributed by atoms with Gasteiger partial charge in [0.25, 0.3) is 0 Å². The second-order valence-corrected chi connectivity index (χ2v) is 6.22. The lowest BCUT2D eigenvalue weighted by Crippen LogP contribution is -2.17. The van der Waals surface area contributed by atoms with Crippen LogP contribution in [0.5, 0.6) is 0 Å². The summed E-state index contributed by atoms with van der Waals surface area (Å²) in [5.74, 6) is 3.58. The van der Waals surface area contributed by atoms with Crippen LogP contribution in [-0.2, 0) is 6.54 Å². The first-order chi connectivity index (χ1) is 9.63. The minimum atomic E-state index is 0.252. The zero-order valence-corrected chi connectivity index (χ0v) is 12.7. The van der Waals surface area contributed by atoms with Gasteiger partial charge in [-0.1, -0.05) is 30.7 Å². The van der Waals surface area contributed by atoms with Crippen molar-refractivity contribution in [3.8, 4) is 0 Å². The van der Waals surface area contributed by atoms with Gasteiger partial charge in [0.1, 0.15) is 11.5 Å². The third-order valence-electron chi connectivity index (χ3n) is 4.09. The van der Waals surface area contributed by atoms with Crippen molar-refractivity contribution < 1.29 is 4.42 Å². The molecule has 1 aliphatic rings. The minimum Gasteiger partial charge on any atom is -0.464 e. The number of rotatable bonds is 5. The second kappa shape index (κ2) is 5.63. The molecule has 3 atom stereocenters. The van der Waals surface area contributed by atoms with E-state index in [1.807, 2.05) is 18.2 Å². The first kappa shape index (κ1) is 13.7. The van der Waals surface area contributed by atoms with Gasteiger partial charge in [-0.15, -0.1) is 0 Å². The van der Waals surface area contributed by atoms with E-state index >= 15 is 0 Å². The van der Waals surface area contributed by atoms with Crippen LogP contribution in [0.4, 0.5) is 0 Å². The van der Waals surface area contributed by atoms with Crippen LogP contribution in [0.15, 0.2) is 40.8 Å². The summed E-state index contributed by atoms with van der Waals surface area (Å²) in [6, 6.07) is 12.4. The molecule has 3 rings (SSSR count). The van der Waals surface area contributed by atoms with Crippen LogP contribution in [0, 0.1) is 5.92 Å². The summed E-state index contributed by atoms with van der Waals surface area (Å²) in [5, 5.41) is 4.25. The van der Waals surface area contributed by atoms with Crippen LogP contribution >= 0.6 is 11.6 Å². The molecule has 0 bridgehead atoms. The summed E-state index contributed by atoms with van der Waals surface area (Å²) >= 11 is 6.02. The van der Waals surface area contributed by atoms with Crippen molar-refractivity contribution in [3.05, 3.63) is 58.5 Å². The molecule has 1 heterocycles. The quantitative estimate of drug-likeness (QED) is 0.846. The van der Waals surface area contributed by atoms with Crippen LogP contribution in [0.3, 0.4) is 0 Å². The Morgan fingerprint density at radius 3 is 2.85 bits per heavy atom. The van der Waals surface area contributed by atoms with E-state index in [2.05, 4.69) is 37.4 Å². The van der Waals surface area contributed by atoms with E-state index in [1.165, 1.54) is 12.0 Å². The van der Waals surface area contributed by atoms with Crippen molar-refractivity contribution in [1.82, 2.24) is 5.32 Å². The summed E-state index contributed by atoms with van der Waals surface area (Å²) in [4.78, 5) is 0. The molecule has 1 aliphatic carbocycles. The third-order valence-corrected chi connectivity index (χ3v) is 4.32. The highest BCUT2D eigenvalue weighted by atomic mass is 35.5. The molecular weight excluding hydrogens is 270 g/mol. The van der Waals surface area contributed by atoms with E-state index in [-0.39, 0.29) is 6.04 Å². The van der Waals surface area contributed by atoms with E-state index in [1.54, 1.807) is 0 Å². The van der Waals surface area contributed by atoms with Gasteiger partial charge in [-0.25, -0.2) is 0 Å². The number of furan rings is 1. The van der Waals surface area contributed by atoms with Gasteiger partial charge in [0, 0.05) is 17.0 Å². The molecule has 0 aliphatic heterocycles. The van der Waals surface area contributed by atoms with E-state index in [9.17, 15) is 0 Å². The fraction of sp³-hybridized carbons (Fsp3) is 0.412. The SMILES string of the molecule is CC1CC1c1ccc(CN[C@H](C)c2cccc(Cl)c2)o1. The molecule has 1 N–H and O–H groups in total. The minimum absolute atomic E-state index is 0.252. The average Bonchev–Trinajstić information content (AvgIpc) is 2.99. The Labute approximate surface area is 125 Å². The highest BCUT2D eigenvalue weighted by molar-refractivity contribution is 6.30. The van der Waals surface area contributed by atoms with Gasteiger partial charge in [0.2, 0.25) is 0 Å². The van der Waals surface area contributed by atoms with E-state index in [0.29, 0.717) is 5.92 Å².